The van der Waals surface area contributed by atoms with Crippen LogP contribution in [0.5, 0.6) is 0 Å². The summed E-state index contributed by atoms with van der Waals surface area (Å²) in [5.74, 6) is 0. The van der Waals surface area contributed by atoms with Crippen molar-refractivity contribution in [2.24, 2.45) is 0 Å². The molecule has 0 saturated carbocycles. The van der Waals surface area contributed by atoms with Crippen molar-refractivity contribution in [1.82, 2.24) is 0 Å². The molecule has 0 aliphatic heterocycles. The third-order valence-corrected chi connectivity index (χ3v) is 6.14. The second kappa shape index (κ2) is 14.9. The van der Waals surface area contributed by atoms with E-state index in [1.807, 2.05) is 19.9 Å². The summed E-state index contributed by atoms with van der Waals surface area (Å²) in [6, 6.07) is 0. The Labute approximate surface area is 198 Å². The molecule has 0 aromatic heterocycles. The molecule has 11 heteroatoms. The van der Waals surface area contributed by atoms with Gasteiger partial charge in [0.1, 0.15) is 7.60 Å². The van der Waals surface area contributed by atoms with Crippen molar-refractivity contribution in [1.29, 1.82) is 0 Å². The molecule has 0 bridgehead atoms. The summed E-state index contributed by atoms with van der Waals surface area (Å²) in [5.41, 5.74) is 1.91. The Hall–Kier alpha value is 2.78. The summed E-state index contributed by atoms with van der Waals surface area (Å²) in [7, 11) is -10.6. The average Bonchev–Trinajstić information content (AvgIpc) is 2.12. The van der Waals surface area contributed by atoms with Crippen molar-refractivity contribution in [3.05, 3.63) is 23.3 Å². The monoisotopic (exact) mass is 378 g/mol. The minimum Gasteiger partial charge on any atom is -0.810 e. The van der Waals surface area contributed by atoms with Crippen LogP contribution in [0.25, 0.3) is 0 Å². The van der Waals surface area contributed by atoms with Crippen LogP contribution in [0.1, 0.15) is 40.0 Å². The number of hydrogen-bond acceptors (Lipinski definition) is 5. The van der Waals surface area contributed by atoms with Gasteiger partial charge in [-0.1, -0.05) is 30.9 Å². The Morgan fingerprint density at radius 1 is 1.05 bits per heavy atom. The van der Waals surface area contributed by atoms with E-state index in [0.717, 1.165) is 17.6 Å². The first kappa shape index (κ1) is 32.5. The fourth-order valence-corrected chi connectivity index (χ4v) is 3.60. The van der Waals surface area contributed by atoms with Crippen molar-refractivity contribution in [2.45, 2.75) is 45.4 Å². The zero-order valence-electron chi connectivity index (χ0n) is 14.2. The van der Waals surface area contributed by atoms with E-state index in [9.17, 15) is 23.8 Å². The van der Waals surface area contributed by atoms with Gasteiger partial charge in [0, 0.05) is 0 Å². The molecule has 0 rings (SSSR count). The molecule has 0 aliphatic carbocycles. The van der Waals surface area contributed by atoms with Crippen LogP contribution in [-0.4, -0.2) is 10.3 Å². The molecule has 6 nitrogen and oxygen atoms in total. The zero-order chi connectivity index (χ0) is 15.3. The van der Waals surface area contributed by atoms with Gasteiger partial charge in [-0.15, -0.1) is 0 Å². The minimum atomic E-state index is -5.38. The maximum absolute atomic E-state index is 10.9. The Bertz CT molecular complexity index is 429. The molecule has 0 aliphatic rings. The predicted octanol–water partition coefficient (Wildman–Crippen LogP) is -8.13. The van der Waals surface area contributed by atoms with Gasteiger partial charge in [-0.3, -0.25) is 0 Å². The fourth-order valence-electron chi connectivity index (χ4n) is 1.44. The standard InChI is InChI=1S/C11H22O6P2.3Na/c1-9(2)5-4-6-10(3)7-8-11(18(12,13)14)19(15,16)17;;;/h5,7,11H,4,6,8H2,1-3H3,(H2,12,13,14)(H2,15,16,17);;;/q;3*+1/p-3/b10-7+;;;. The SMILES string of the molecule is CC(C)=CCC/C(C)=C/CC(P(=O)([O-])[O-])P(=O)([O-])O.[Na+].[Na+].[Na+]. The van der Waals surface area contributed by atoms with Crippen molar-refractivity contribution < 1.29 is 117 Å². The van der Waals surface area contributed by atoms with Gasteiger partial charge in [-0.05, 0) is 40.0 Å². The molecule has 0 aromatic carbocycles. The largest absolute Gasteiger partial charge is 1.00 e. The summed E-state index contributed by atoms with van der Waals surface area (Å²) in [6.45, 7) is 5.60. The summed E-state index contributed by atoms with van der Waals surface area (Å²) >= 11 is 0. The van der Waals surface area contributed by atoms with Crippen LogP contribution in [0.4, 0.5) is 0 Å². The maximum Gasteiger partial charge on any atom is 1.00 e. The Kier molecular flexibility index (Phi) is 22.0. The summed E-state index contributed by atoms with van der Waals surface area (Å²) in [4.78, 5) is 41.2. The van der Waals surface area contributed by atoms with Gasteiger partial charge in [0.15, 0.2) is 0 Å². The molecule has 0 spiro atoms. The van der Waals surface area contributed by atoms with E-state index >= 15 is 0 Å². The van der Waals surface area contributed by atoms with E-state index in [2.05, 4.69) is 0 Å². The van der Waals surface area contributed by atoms with Gasteiger partial charge < -0.3 is 28.7 Å². The van der Waals surface area contributed by atoms with Gasteiger partial charge in [0.25, 0.3) is 0 Å². The van der Waals surface area contributed by atoms with Crippen LogP contribution in [0.15, 0.2) is 23.3 Å². The van der Waals surface area contributed by atoms with E-state index in [1.165, 1.54) is 6.08 Å². The average molecular weight is 378 g/mol. The third kappa shape index (κ3) is 16.3. The molecular weight excluding hydrogens is 359 g/mol. The Balaban J connectivity index is -0.000000540. The normalized spacial score (nSPS) is 15.3. The van der Waals surface area contributed by atoms with Crippen molar-refractivity contribution in [3.63, 3.8) is 0 Å². The Morgan fingerprint density at radius 3 is 1.82 bits per heavy atom. The van der Waals surface area contributed by atoms with E-state index in [4.69, 9.17) is 4.89 Å². The van der Waals surface area contributed by atoms with E-state index in [-0.39, 0.29) is 88.7 Å². The number of hydrogen-bond donors (Lipinski definition) is 1. The van der Waals surface area contributed by atoms with Crippen molar-refractivity contribution >= 4 is 15.2 Å². The van der Waals surface area contributed by atoms with Crippen molar-refractivity contribution in [2.75, 3.05) is 0 Å². The molecule has 0 fully saturated rings. The van der Waals surface area contributed by atoms with Crippen LogP contribution in [0.2, 0.25) is 0 Å². The van der Waals surface area contributed by atoms with Crippen molar-refractivity contribution in [3.8, 4) is 0 Å². The second-order valence-corrected chi connectivity index (χ2v) is 8.55. The van der Waals surface area contributed by atoms with E-state index < -0.39 is 27.0 Å². The van der Waals surface area contributed by atoms with Crippen LogP contribution in [0.3, 0.4) is 0 Å². The molecule has 0 amide bonds. The third-order valence-electron chi connectivity index (χ3n) is 2.51. The number of rotatable bonds is 7. The number of allylic oxidation sites excluding steroid dienone is 4. The maximum atomic E-state index is 10.9. The predicted molar refractivity (Wildman–Crippen MR) is 68.3 cm³/mol. The van der Waals surface area contributed by atoms with Gasteiger partial charge >= 0.3 is 88.7 Å². The van der Waals surface area contributed by atoms with Gasteiger partial charge in [0.05, 0.1) is 5.40 Å². The van der Waals surface area contributed by atoms with Gasteiger partial charge in [-0.2, -0.15) is 0 Å². The Morgan fingerprint density at radius 2 is 1.50 bits per heavy atom. The van der Waals surface area contributed by atoms with Crippen LogP contribution in [0, 0.1) is 0 Å². The van der Waals surface area contributed by atoms with Crippen LogP contribution >= 0.6 is 15.2 Å². The van der Waals surface area contributed by atoms with Gasteiger partial charge in [-0.25, -0.2) is 0 Å². The molecule has 0 aromatic rings. The molecule has 0 saturated heterocycles. The molecule has 0 radical (unpaired) electrons. The second-order valence-electron chi connectivity index (χ2n) is 4.69. The van der Waals surface area contributed by atoms with Gasteiger partial charge in [0.2, 0.25) is 0 Å². The first-order valence-electron chi connectivity index (χ1n) is 5.78. The van der Waals surface area contributed by atoms with E-state index in [1.54, 1.807) is 6.92 Å². The fraction of sp³-hybridized carbons (Fsp3) is 0.636. The smallest absolute Gasteiger partial charge is 0.810 e. The molecule has 1 N–H and O–H groups in total. The summed E-state index contributed by atoms with van der Waals surface area (Å²) < 4.78 is 21.7. The molecule has 0 heterocycles. The first-order chi connectivity index (χ1) is 8.44. The first-order valence-corrected chi connectivity index (χ1v) is 9.04. The summed E-state index contributed by atoms with van der Waals surface area (Å²) in [6.07, 6.45) is 4.23. The zero-order valence-corrected chi connectivity index (χ0v) is 22.0. The quantitative estimate of drug-likeness (QED) is 0.267. The topological polar surface area (TPSA) is 124 Å². The molecule has 2 unspecified atom stereocenters. The van der Waals surface area contributed by atoms with E-state index in [0.29, 0.717) is 6.42 Å². The van der Waals surface area contributed by atoms with Crippen LogP contribution < -0.4 is 103 Å². The molecular formula is C11H19Na3O6P2. The molecule has 22 heavy (non-hydrogen) atoms. The van der Waals surface area contributed by atoms with Crippen LogP contribution in [-0.2, 0) is 9.13 Å². The molecule has 2 atom stereocenters. The minimum absolute atomic E-state index is 0. The molecule has 112 valence electrons. The summed E-state index contributed by atoms with van der Waals surface area (Å²) in [5, 5.41) is -2.28.